The van der Waals surface area contributed by atoms with E-state index in [1.807, 2.05) is 20.8 Å². The number of halogens is 1. The Hall–Kier alpha value is -0.830. The van der Waals surface area contributed by atoms with Gasteiger partial charge in [-0.3, -0.25) is 9.79 Å². The van der Waals surface area contributed by atoms with Crippen molar-refractivity contribution in [3.05, 3.63) is 21.9 Å². The molecule has 1 heterocycles. The fraction of sp³-hybridized carbons (Fsp3) is 0.571. The van der Waals surface area contributed by atoms with E-state index in [-0.39, 0.29) is 42.0 Å². The van der Waals surface area contributed by atoms with Crippen LogP contribution >= 0.6 is 35.3 Å². The quantitative estimate of drug-likeness (QED) is 0.395. The summed E-state index contributed by atoms with van der Waals surface area (Å²) in [7, 11) is 1.69. The molecule has 7 heteroatoms. The van der Waals surface area contributed by atoms with Crippen LogP contribution in [0.5, 0.6) is 0 Å². The van der Waals surface area contributed by atoms with Gasteiger partial charge in [-0.25, -0.2) is 0 Å². The molecule has 0 aliphatic heterocycles. The third kappa shape index (κ3) is 8.92. The summed E-state index contributed by atoms with van der Waals surface area (Å²) >= 11 is 1.75. The van der Waals surface area contributed by atoms with Crippen molar-refractivity contribution < 1.29 is 4.79 Å². The number of nitrogens with one attached hydrogen (secondary N) is 3. The first-order chi connectivity index (χ1) is 9.30. The van der Waals surface area contributed by atoms with Crippen molar-refractivity contribution in [2.45, 2.75) is 39.8 Å². The number of guanidine groups is 1. The van der Waals surface area contributed by atoms with Gasteiger partial charge in [-0.2, -0.15) is 0 Å². The highest BCUT2D eigenvalue weighted by molar-refractivity contribution is 14.0. The van der Waals surface area contributed by atoms with Gasteiger partial charge in [-0.1, -0.05) is 0 Å². The molecular formula is C14H25IN4OS. The zero-order chi connectivity index (χ0) is 15.2. The first kappa shape index (κ1) is 20.2. The van der Waals surface area contributed by atoms with Crippen molar-refractivity contribution in [3.63, 3.8) is 0 Å². The summed E-state index contributed by atoms with van der Waals surface area (Å²) in [6, 6.07) is 4.18. The molecule has 0 unspecified atom stereocenters. The van der Waals surface area contributed by atoms with Crippen molar-refractivity contribution in [1.82, 2.24) is 16.0 Å². The minimum atomic E-state index is -0.218. The summed E-state index contributed by atoms with van der Waals surface area (Å²) in [6.45, 7) is 8.86. The summed E-state index contributed by atoms with van der Waals surface area (Å²) < 4.78 is 0. The highest BCUT2D eigenvalue weighted by atomic mass is 127. The van der Waals surface area contributed by atoms with Crippen LogP contribution in [0.15, 0.2) is 17.1 Å². The Labute approximate surface area is 148 Å². The smallest absolute Gasteiger partial charge is 0.239 e. The Morgan fingerprint density at radius 1 is 1.29 bits per heavy atom. The number of nitrogens with zero attached hydrogens (tertiary/aromatic N) is 1. The highest BCUT2D eigenvalue weighted by Gasteiger charge is 2.13. The van der Waals surface area contributed by atoms with Gasteiger partial charge in [0.2, 0.25) is 5.91 Å². The van der Waals surface area contributed by atoms with Gasteiger partial charge < -0.3 is 16.0 Å². The van der Waals surface area contributed by atoms with E-state index in [1.165, 1.54) is 9.75 Å². The molecule has 0 spiro atoms. The maximum atomic E-state index is 11.7. The van der Waals surface area contributed by atoms with Crippen LogP contribution in [0.1, 0.15) is 30.5 Å². The zero-order valence-electron chi connectivity index (χ0n) is 13.2. The Kier molecular flexibility index (Phi) is 8.88. The zero-order valence-corrected chi connectivity index (χ0v) is 16.4. The second kappa shape index (κ2) is 9.24. The number of aliphatic imine (C=N–C) groups is 1. The fourth-order valence-electron chi connectivity index (χ4n) is 1.60. The van der Waals surface area contributed by atoms with E-state index in [0.717, 1.165) is 0 Å². The SMILES string of the molecule is CN=C(NCC(=O)NC(C)(C)C)NCc1ccc(C)s1.I. The Morgan fingerprint density at radius 3 is 2.43 bits per heavy atom. The molecule has 1 amide bonds. The number of rotatable bonds is 4. The maximum Gasteiger partial charge on any atom is 0.239 e. The molecule has 0 aromatic carbocycles. The second-order valence-corrected chi connectivity index (χ2v) is 6.96. The van der Waals surface area contributed by atoms with Crippen LogP contribution in [0, 0.1) is 6.92 Å². The van der Waals surface area contributed by atoms with Crippen LogP contribution < -0.4 is 16.0 Å². The van der Waals surface area contributed by atoms with Gasteiger partial charge in [0.15, 0.2) is 5.96 Å². The molecule has 0 aliphatic carbocycles. The maximum absolute atomic E-state index is 11.7. The van der Waals surface area contributed by atoms with Gasteiger partial charge in [0.05, 0.1) is 13.1 Å². The summed E-state index contributed by atoms with van der Waals surface area (Å²) in [5.74, 6) is 0.576. The summed E-state index contributed by atoms with van der Waals surface area (Å²) in [4.78, 5) is 18.3. The van der Waals surface area contributed by atoms with Crippen molar-refractivity contribution in [2.24, 2.45) is 4.99 Å². The molecule has 0 atom stereocenters. The van der Waals surface area contributed by atoms with E-state index in [4.69, 9.17) is 0 Å². The second-order valence-electron chi connectivity index (χ2n) is 5.59. The predicted molar refractivity (Wildman–Crippen MR) is 101 cm³/mol. The lowest BCUT2D eigenvalue weighted by Gasteiger charge is -2.21. The van der Waals surface area contributed by atoms with Crippen molar-refractivity contribution in [1.29, 1.82) is 0 Å². The van der Waals surface area contributed by atoms with E-state index in [0.29, 0.717) is 12.5 Å². The number of amides is 1. The molecule has 0 aliphatic rings. The van der Waals surface area contributed by atoms with Gasteiger partial charge in [-0.15, -0.1) is 35.3 Å². The molecule has 1 rings (SSSR count). The molecular weight excluding hydrogens is 399 g/mol. The number of hydrogen-bond donors (Lipinski definition) is 3. The van der Waals surface area contributed by atoms with Crippen LogP contribution in [-0.4, -0.2) is 31.0 Å². The summed E-state index contributed by atoms with van der Waals surface area (Å²) in [6.07, 6.45) is 0. The molecule has 1 aromatic rings. The molecule has 0 radical (unpaired) electrons. The minimum Gasteiger partial charge on any atom is -0.352 e. The number of carbonyl (C=O) groups excluding carboxylic acids is 1. The third-order valence-electron chi connectivity index (χ3n) is 2.38. The number of thiophene rings is 1. The number of hydrogen-bond acceptors (Lipinski definition) is 3. The first-order valence-corrected chi connectivity index (χ1v) is 7.42. The Morgan fingerprint density at radius 2 is 1.95 bits per heavy atom. The predicted octanol–water partition coefficient (Wildman–Crippen LogP) is 2.25. The van der Waals surface area contributed by atoms with Gasteiger partial charge in [0.1, 0.15) is 0 Å². The van der Waals surface area contributed by atoms with E-state index < -0.39 is 0 Å². The van der Waals surface area contributed by atoms with Gasteiger partial charge in [-0.05, 0) is 39.8 Å². The summed E-state index contributed by atoms with van der Waals surface area (Å²) in [5.41, 5.74) is -0.218. The number of carbonyl (C=O) groups is 1. The van der Waals surface area contributed by atoms with Crippen LogP contribution in [0.4, 0.5) is 0 Å². The topological polar surface area (TPSA) is 65.5 Å². The average molecular weight is 424 g/mol. The van der Waals surface area contributed by atoms with Crippen molar-refractivity contribution in [2.75, 3.05) is 13.6 Å². The molecule has 0 fully saturated rings. The molecule has 120 valence electrons. The Balaban J connectivity index is 0.00000400. The normalized spacial score (nSPS) is 11.6. The van der Waals surface area contributed by atoms with Crippen LogP contribution in [-0.2, 0) is 11.3 Å². The molecule has 3 N–H and O–H groups in total. The lowest BCUT2D eigenvalue weighted by atomic mass is 10.1. The average Bonchev–Trinajstić information content (AvgIpc) is 2.73. The standard InChI is InChI=1S/C14H24N4OS.HI/c1-10-6-7-11(20-10)8-16-13(15-5)17-9-12(19)18-14(2,3)4;/h6-7H,8-9H2,1-5H3,(H,18,19)(H2,15,16,17);1H. The van der Waals surface area contributed by atoms with Crippen LogP contribution in [0.3, 0.4) is 0 Å². The molecule has 0 saturated carbocycles. The largest absolute Gasteiger partial charge is 0.352 e. The number of aryl methyl sites for hydroxylation is 1. The summed E-state index contributed by atoms with van der Waals surface area (Å²) in [5, 5.41) is 9.08. The monoisotopic (exact) mass is 424 g/mol. The Bertz CT molecular complexity index is 480. The van der Waals surface area contributed by atoms with E-state index >= 15 is 0 Å². The molecule has 1 aromatic heterocycles. The van der Waals surface area contributed by atoms with Crippen LogP contribution in [0.2, 0.25) is 0 Å². The van der Waals surface area contributed by atoms with Gasteiger partial charge in [0, 0.05) is 22.3 Å². The molecule has 21 heavy (non-hydrogen) atoms. The van der Waals surface area contributed by atoms with Gasteiger partial charge in [0.25, 0.3) is 0 Å². The van der Waals surface area contributed by atoms with E-state index in [1.54, 1.807) is 18.4 Å². The molecule has 0 bridgehead atoms. The lowest BCUT2D eigenvalue weighted by molar-refractivity contribution is -0.121. The van der Waals surface area contributed by atoms with Crippen molar-refractivity contribution in [3.8, 4) is 0 Å². The van der Waals surface area contributed by atoms with E-state index in [2.05, 4.69) is 40.0 Å². The lowest BCUT2D eigenvalue weighted by Crippen LogP contribution is -2.48. The highest BCUT2D eigenvalue weighted by Crippen LogP contribution is 2.14. The molecule has 5 nitrogen and oxygen atoms in total. The van der Waals surface area contributed by atoms with E-state index in [9.17, 15) is 4.79 Å². The first-order valence-electron chi connectivity index (χ1n) is 6.61. The van der Waals surface area contributed by atoms with Crippen molar-refractivity contribution >= 4 is 47.2 Å². The fourth-order valence-corrected chi connectivity index (χ4v) is 2.43. The molecule has 0 saturated heterocycles. The van der Waals surface area contributed by atoms with Gasteiger partial charge >= 0.3 is 0 Å². The third-order valence-corrected chi connectivity index (χ3v) is 3.38. The minimum absolute atomic E-state index is 0. The van der Waals surface area contributed by atoms with Crippen LogP contribution in [0.25, 0.3) is 0 Å².